The Labute approximate surface area is 142 Å². The van der Waals surface area contributed by atoms with E-state index in [0.717, 1.165) is 44.6 Å². The maximum atomic E-state index is 12.7. The third-order valence-corrected chi connectivity index (χ3v) is 6.10. The van der Waals surface area contributed by atoms with Gasteiger partial charge in [-0.15, -0.1) is 0 Å². The number of sulfonamides is 1. The van der Waals surface area contributed by atoms with E-state index in [-0.39, 0.29) is 0 Å². The predicted molar refractivity (Wildman–Crippen MR) is 94.5 cm³/mol. The lowest BCUT2D eigenvalue weighted by Gasteiger charge is -2.19. The van der Waals surface area contributed by atoms with Crippen LogP contribution >= 0.6 is 0 Å². The van der Waals surface area contributed by atoms with E-state index in [1.54, 1.807) is 12.1 Å². The van der Waals surface area contributed by atoms with Crippen LogP contribution in [0.1, 0.15) is 22.3 Å². The Balaban J connectivity index is 1.61. The van der Waals surface area contributed by atoms with Crippen LogP contribution in [0.25, 0.3) is 0 Å². The molecule has 3 N–H and O–H groups in total. The summed E-state index contributed by atoms with van der Waals surface area (Å²) in [6.45, 7) is 3.45. The fourth-order valence-corrected chi connectivity index (χ4v) is 4.48. The van der Waals surface area contributed by atoms with Crippen LogP contribution in [0.4, 0.5) is 5.69 Å². The topological polar surface area (TPSA) is 70.2 Å². The van der Waals surface area contributed by atoms with E-state index in [2.05, 4.69) is 15.4 Å². The molecule has 4 rings (SSSR count). The van der Waals surface area contributed by atoms with Crippen LogP contribution in [0.3, 0.4) is 0 Å². The Morgan fingerprint density at radius 2 is 1.50 bits per heavy atom. The van der Waals surface area contributed by atoms with Crippen molar-refractivity contribution in [3.63, 3.8) is 0 Å². The highest BCUT2D eigenvalue weighted by atomic mass is 32.2. The van der Waals surface area contributed by atoms with Gasteiger partial charge in [-0.3, -0.25) is 4.72 Å². The number of hydrogen-bond donors (Lipinski definition) is 3. The largest absolute Gasteiger partial charge is 0.312 e. The van der Waals surface area contributed by atoms with Crippen LogP contribution in [0.5, 0.6) is 0 Å². The zero-order valence-corrected chi connectivity index (χ0v) is 14.2. The van der Waals surface area contributed by atoms with Crippen molar-refractivity contribution < 1.29 is 8.42 Å². The van der Waals surface area contributed by atoms with Crippen molar-refractivity contribution >= 4 is 15.7 Å². The summed E-state index contributed by atoms with van der Waals surface area (Å²) in [6.07, 6.45) is 1.87. The second-order valence-corrected chi connectivity index (χ2v) is 8.06. The molecule has 2 heterocycles. The molecular formula is C18H21N3O2S. The first kappa shape index (κ1) is 15.6. The summed E-state index contributed by atoms with van der Waals surface area (Å²) in [5.74, 6) is 0. The highest BCUT2D eigenvalue weighted by Gasteiger charge is 2.18. The molecule has 5 nitrogen and oxygen atoms in total. The molecule has 0 aromatic heterocycles. The molecule has 2 aromatic carbocycles. The minimum atomic E-state index is -3.57. The SMILES string of the molecule is O=S(=O)(Nc1ccc2c(c1)CCNC2)c1ccc2c(c1)CNCC2. The average Bonchev–Trinajstić information content (AvgIpc) is 2.61. The number of fused-ring (bicyclic) bond motifs is 2. The van der Waals surface area contributed by atoms with Crippen molar-refractivity contribution in [2.75, 3.05) is 17.8 Å². The molecule has 2 aliphatic heterocycles. The molecule has 2 aromatic rings. The van der Waals surface area contributed by atoms with Gasteiger partial charge in [0.05, 0.1) is 4.90 Å². The molecule has 2 aliphatic rings. The molecule has 0 radical (unpaired) electrons. The highest BCUT2D eigenvalue weighted by molar-refractivity contribution is 7.92. The maximum absolute atomic E-state index is 12.7. The van der Waals surface area contributed by atoms with Gasteiger partial charge in [0.15, 0.2) is 0 Å². The lowest BCUT2D eigenvalue weighted by atomic mass is 10.0. The molecule has 0 saturated heterocycles. The van der Waals surface area contributed by atoms with E-state index in [0.29, 0.717) is 10.6 Å². The number of anilines is 1. The van der Waals surface area contributed by atoms with Crippen molar-refractivity contribution in [1.82, 2.24) is 10.6 Å². The Hall–Kier alpha value is -1.89. The lowest BCUT2D eigenvalue weighted by Crippen LogP contribution is -2.24. The van der Waals surface area contributed by atoms with Gasteiger partial charge in [0.25, 0.3) is 10.0 Å². The minimum Gasteiger partial charge on any atom is -0.312 e. The second-order valence-electron chi connectivity index (χ2n) is 6.37. The van der Waals surface area contributed by atoms with Gasteiger partial charge in [-0.2, -0.15) is 0 Å². The first-order valence-corrected chi connectivity index (χ1v) is 9.78. The van der Waals surface area contributed by atoms with Crippen molar-refractivity contribution in [3.05, 3.63) is 58.7 Å². The molecule has 0 amide bonds. The predicted octanol–water partition coefficient (Wildman–Crippen LogP) is 1.78. The fraction of sp³-hybridized carbons (Fsp3) is 0.333. The maximum Gasteiger partial charge on any atom is 0.261 e. The van der Waals surface area contributed by atoms with Gasteiger partial charge >= 0.3 is 0 Å². The number of rotatable bonds is 3. The van der Waals surface area contributed by atoms with Crippen LogP contribution in [0.15, 0.2) is 41.3 Å². The summed E-state index contributed by atoms with van der Waals surface area (Å²) in [5, 5.41) is 6.60. The summed E-state index contributed by atoms with van der Waals surface area (Å²) in [7, 11) is -3.57. The van der Waals surface area contributed by atoms with E-state index in [9.17, 15) is 8.42 Å². The molecule has 0 saturated carbocycles. The monoisotopic (exact) mass is 343 g/mol. The first-order valence-electron chi connectivity index (χ1n) is 8.30. The molecule has 0 bridgehead atoms. The van der Waals surface area contributed by atoms with Gasteiger partial charge in [-0.25, -0.2) is 8.42 Å². The molecular weight excluding hydrogens is 322 g/mol. The van der Waals surface area contributed by atoms with Crippen molar-refractivity contribution in [2.24, 2.45) is 0 Å². The molecule has 0 atom stereocenters. The molecule has 0 aliphatic carbocycles. The van der Waals surface area contributed by atoms with E-state index in [1.807, 2.05) is 24.3 Å². The van der Waals surface area contributed by atoms with Crippen LogP contribution < -0.4 is 15.4 Å². The Bertz CT molecular complexity index is 878. The smallest absolute Gasteiger partial charge is 0.261 e. The number of benzene rings is 2. The average molecular weight is 343 g/mol. The Morgan fingerprint density at radius 1 is 0.792 bits per heavy atom. The fourth-order valence-electron chi connectivity index (χ4n) is 3.38. The van der Waals surface area contributed by atoms with Gasteiger partial charge in [-0.05, 0) is 72.5 Å². The molecule has 24 heavy (non-hydrogen) atoms. The normalized spacial score (nSPS) is 17.0. The molecule has 0 fully saturated rings. The number of nitrogens with one attached hydrogen (secondary N) is 3. The van der Waals surface area contributed by atoms with Gasteiger partial charge in [-0.1, -0.05) is 12.1 Å². The van der Waals surface area contributed by atoms with Crippen molar-refractivity contribution in [3.8, 4) is 0 Å². The summed E-state index contributed by atoms with van der Waals surface area (Å²) >= 11 is 0. The standard InChI is InChI=1S/C18H21N3O2S/c22-24(23,18-4-2-13-5-7-20-12-16(13)10-18)21-17-3-1-15-11-19-8-6-14(15)9-17/h1-4,9-10,19-21H,5-8,11-12H2. The van der Waals surface area contributed by atoms with E-state index in [4.69, 9.17) is 0 Å². The molecule has 6 heteroatoms. The quantitative estimate of drug-likeness (QED) is 0.794. The van der Waals surface area contributed by atoms with Gasteiger partial charge in [0.2, 0.25) is 0 Å². The van der Waals surface area contributed by atoms with E-state index >= 15 is 0 Å². The van der Waals surface area contributed by atoms with Gasteiger partial charge in [0, 0.05) is 18.8 Å². The molecule has 0 spiro atoms. The lowest BCUT2D eigenvalue weighted by molar-refractivity contribution is 0.599. The Morgan fingerprint density at radius 3 is 2.33 bits per heavy atom. The zero-order valence-electron chi connectivity index (χ0n) is 13.4. The van der Waals surface area contributed by atoms with E-state index in [1.165, 1.54) is 16.7 Å². The summed E-state index contributed by atoms with van der Waals surface area (Å²) in [5.41, 5.74) is 5.38. The minimum absolute atomic E-state index is 0.323. The second kappa shape index (κ2) is 6.20. The summed E-state index contributed by atoms with van der Waals surface area (Å²) in [6, 6.07) is 11.2. The van der Waals surface area contributed by atoms with Crippen molar-refractivity contribution in [1.29, 1.82) is 0 Å². The van der Waals surface area contributed by atoms with E-state index < -0.39 is 10.0 Å². The van der Waals surface area contributed by atoms with Crippen molar-refractivity contribution in [2.45, 2.75) is 30.8 Å². The Kier molecular flexibility index (Phi) is 4.04. The zero-order chi connectivity index (χ0) is 16.6. The summed E-state index contributed by atoms with van der Waals surface area (Å²) < 4.78 is 28.1. The first-order chi connectivity index (χ1) is 11.6. The van der Waals surface area contributed by atoms with Crippen LogP contribution in [-0.4, -0.2) is 21.5 Å². The number of hydrogen-bond acceptors (Lipinski definition) is 4. The van der Waals surface area contributed by atoms with Gasteiger partial charge in [0.1, 0.15) is 0 Å². The third-order valence-electron chi connectivity index (χ3n) is 4.72. The summed E-state index contributed by atoms with van der Waals surface area (Å²) in [4.78, 5) is 0.323. The van der Waals surface area contributed by atoms with Crippen LogP contribution in [0, 0.1) is 0 Å². The highest BCUT2D eigenvalue weighted by Crippen LogP contribution is 2.24. The third kappa shape index (κ3) is 3.05. The molecule has 126 valence electrons. The molecule has 0 unspecified atom stereocenters. The van der Waals surface area contributed by atoms with Crippen LogP contribution in [0.2, 0.25) is 0 Å². The van der Waals surface area contributed by atoms with Gasteiger partial charge < -0.3 is 10.6 Å². The van der Waals surface area contributed by atoms with Crippen LogP contribution in [-0.2, 0) is 36.0 Å².